The number of amides is 1. The predicted molar refractivity (Wildman–Crippen MR) is 77.9 cm³/mol. The Labute approximate surface area is 119 Å². The molecule has 4 heteroatoms. The highest BCUT2D eigenvalue weighted by molar-refractivity contribution is 5.95. The SMILES string of the molecule is Nc1cccc(NC(=O)C23CC4CC(CC(C4)C2)C3)n1. The van der Waals surface area contributed by atoms with Crippen molar-refractivity contribution >= 4 is 17.5 Å². The molecule has 1 amide bonds. The van der Waals surface area contributed by atoms with Crippen molar-refractivity contribution in [1.29, 1.82) is 0 Å². The molecule has 0 atom stereocenters. The van der Waals surface area contributed by atoms with Crippen molar-refractivity contribution in [3.8, 4) is 0 Å². The lowest BCUT2D eigenvalue weighted by atomic mass is 9.49. The quantitative estimate of drug-likeness (QED) is 0.869. The summed E-state index contributed by atoms with van der Waals surface area (Å²) in [5.74, 6) is 3.55. The second kappa shape index (κ2) is 4.21. The van der Waals surface area contributed by atoms with E-state index in [2.05, 4.69) is 10.3 Å². The van der Waals surface area contributed by atoms with Gasteiger partial charge in [-0.3, -0.25) is 4.79 Å². The molecule has 4 bridgehead atoms. The fraction of sp³-hybridized carbons (Fsp3) is 0.625. The van der Waals surface area contributed by atoms with Crippen molar-refractivity contribution in [3.05, 3.63) is 18.2 Å². The van der Waals surface area contributed by atoms with E-state index in [1.165, 1.54) is 19.3 Å². The smallest absolute Gasteiger partial charge is 0.231 e. The predicted octanol–water partition coefficient (Wildman–Crippen LogP) is 2.82. The Morgan fingerprint density at radius 2 is 1.75 bits per heavy atom. The van der Waals surface area contributed by atoms with Crippen molar-refractivity contribution in [2.45, 2.75) is 38.5 Å². The third-order valence-corrected chi connectivity index (χ3v) is 5.53. The van der Waals surface area contributed by atoms with Crippen LogP contribution in [0.3, 0.4) is 0 Å². The van der Waals surface area contributed by atoms with E-state index < -0.39 is 0 Å². The molecule has 106 valence electrons. The Hall–Kier alpha value is -1.58. The lowest BCUT2D eigenvalue weighted by Crippen LogP contribution is -2.51. The summed E-state index contributed by atoms with van der Waals surface area (Å²) in [6.45, 7) is 0. The Morgan fingerprint density at radius 1 is 1.15 bits per heavy atom. The lowest BCUT2D eigenvalue weighted by Gasteiger charge is -2.55. The summed E-state index contributed by atoms with van der Waals surface area (Å²) in [4.78, 5) is 17.0. The summed E-state index contributed by atoms with van der Waals surface area (Å²) >= 11 is 0. The van der Waals surface area contributed by atoms with Crippen LogP contribution in [-0.2, 0) is 4.79 Å². The number of nitrogens with zero attached hydrogens (tertiary/aromatic N) is 1. The normalized spacial score (nSPS) is 37.9. The summed E-state index contributed by atoms with van der Waals surface area (Å²) in [6.07, 6.45) is 7.28. The van der Waals surface area contributed by atoms with Crippen LogP contribution in [0.4, 0.5) is 11.6 Å². The third-order valence-electron chi connectivity index (χ3n) is 5.53. The first kappa shape index (κ1) is 12.2. The monoisotopic (exact) mass is 271 g/mol. The van der Waals surface area contributed by atoms with Crippen LogP contribution in [0.15, 0.2) is 18.2 Å². The molecule has 0 unspecified atom stereocenters. The van der Waals surface area contributed by atoms with Gasteiger partial charge in [-0.2, -0.15) is 0 Å². The van der Waals surface area contributed by atoms with E-state index in [-0.39, 0.29) is 11.3 Å². The minimum Gasteiger partial charge on any atom is -0.384 e. The molecule has 4 aliphatic carbocycles. The number of rotatable bonds is 2. The van der Waals surface area contributed by atoms with Crippen molar-refractivity contribution < 1.29 is 4.79 Å². The van der Waals surface area contributed by atoms with Gasteiger partial charge < -0.3 is 11.1 Å². The summed E-state index contributed by atoms with van der Waals surface area (Å²) in [6, 6.07) is 5.38. The van der Waals surface area contributed by atoms with Gasteiger partial charge in [-0.25, -0.2) is 4.98 Å². The number of carbonyl (C=O) groups is 1. The fourth-order valence-corrected chi connectivity index (χ4v) is 5.16. The standard InChI is InChI=1S/C16H21N3O/c17-13-2-1-3-14(18-13)19-15(20)16-7-10-4-11(8-16)6-12(5-10)9-16/h1-3,10-12H,4-9H2,(H3,17,18,19,20). The zero-order valence-corrected chi connectivity index (χ0v) is 11.6. The number of nitrogen functional groups attached to an aromatic ring is 1. The van der Waals surface area contributed by atoms with Gasteiger partial charge in [0.1, 0.15) is 11.6 Å². The molecule has 0 saturated heterocycles. The topological polar surface area (TPSA) is 68.0 Å². The number of hydrogen-bond donors (Lipinski definition) is 2. The summed E-state index contributed by atoms with van der Waals surface area (Å²) in [7, 11) is 0. The summed E-state index contributed by atoms with van der Waals surface area (Å²) in [5.41, 5.74) is 5.55. The van der Waals surface area contributed by atoms with Crippen LogP contribution in [-0.4, -0.2) is 10.9 Å². The highest BCUT2D eigenvalue weighted by Gasteiger charge is 2.54. The van der Waals surface area contributed by atoms with Gasteiger partial charge in [-0.15, -0.1) is 0 Å². The van der Waals surface area contributed by atoms with Crippen LogP contribution in [0.25, 0.3) is 0 Å². The van der Waals surface area contributed by atoms with Gasteiger partial charge in [0, 0.05) is 0 Å². The molecule has 1 heterocycles. The maximum atomic E-state index is 12.8. The largest absolute Gasteiger partial charge is 0.384 e. The van der Waals surface area contributed by atoms with Crippen molar-refractivity contribution in [1.82, 2.24) is 4.98 Å². The van der Waals surface area contributed by atoms with Crippen LogP contribution in [0.2, 0.25) is 0 Å². The molecule has 4 aliphatic rings. The van der Waals surface area contributed by atoms with Crippen LogP contribution in [0, 0.1) is 23.2 Å². The molecule has 4 saturated carbocycles. The molecule has 0 spiro atoms. The first-order valence-corrected chi connectivity index (χ1v) is 7.67. The number of hydrogen-bond acceptors (Lipinski definition) is 3. The van der Waals surface area contributed by atoms with Crippen molar-refractivity contribution in [3.63, 3.8) is 0 Å². The minimum absolute atomic E-state index is 0.124. The van der Waals surface area contributed by atoms with E-state index >= 15 is 0 Å². The number of nitrogens with one attached hydrogen (secondary N) is 1. The molecule has 0 radical (unpaired) electrons. The minimum atomic E-state index is -0.124. The Kier molecular flexibility index (Phi) is 2.56. The van der Waals surface area contributed by atoms with Gasteiger partial charge in [0.15, 0.2) is 0 Å². The van der Waals surface area contributed by atoms with Gasteiger partial charge in [0.05, 0.1) is 5.41 Å². The molecule has 4 fully saturated rings. The Morgan fingerprint density at radius 3 is 2.30 bits per heavy atom. The molecule has 1 aromatic rings. The molecule has 3 N–H and O–H groups in total. The maximum absolute atomic E-state index is 12.8. The fourth-order valence-electron chi connectivity index (χ4n) is 5.16. The second-order valence-electron chi connectivity index (χ2n) is 7.10. The van der Waals surface area contributed by atoms with Gasteiger partial charge in [0.25, 0.3) is 0 Å². The van der Waals surface area contributed by atoms with Crippen molar-refractivity contribution in [2.75, 3.05) is 11.1 Å². The average Bonchev–Trinajstić information content (AvgIpc) is 2.37. The van der Waals surface area contributed by atoms with Gasteiger partial charge >= 0.3 is 0 Å². The second-order valence-corrected chi connectivity index (χ2v) is 7.10. The Balaban J connectivity index is 1.56. The first-order valence-electron chi connectivity index (χ1n) is 7.67. The molecule has 4 nitrogen and oxygen atoms in total. The van der Waals surface area contributed by atoms with Crippen LogP contribution < -0.4 is 11.1 Å². The van der Waals surface area contributed by atoms with Crippen LogP contribution in [0.5, 0.6) is 0 Å². The zero-order valence-electron chi connectivity index (χ0n) is 11.6. The van der Waals surface area contributed by atoms with Gasteiger partial charge in [0.2, 0.25) is 5.91 Å². The van der Waals surface area contributed by atoms with E-state index in [1.807, 2.05) is 12.1 Å². The van der Waals surface area contributed by atoms with Gasteiger partial charge in [-0.05, 0) is 68.4 Å². The van der Waals surface area contributed by atoms with E-state index in [4.69, 9.17) is 5.73 Å². The lowest BCUT2D eigenvalue weighted by molar-refractivity contribution is -0.140. The number of pyridine rings is 1. The van der Waals surface area contributed by atoms with Crippen LogP contribution in [0.1, 0.15) is 38.5 Å². The van der Waals surface area contributed by atoms with Gasteiger partial charge in [-0.1, -0.05) is 6.07 Å². The molecule has 20 heavy (non-hydrogen) atoms. The number of nitrogens with two attached hydrogens (primary N) is 1. The summed E-state index contributed by atoms with van der Waals surface area (Å²) < 4.78 is 0. The van der Waals surface area contributed by atoms with E-state index in [0.717, 1.165) is 37.0 Å². The number of anilines is 2. The highest BCUT2D eigenvalue weighted by atomic mass is 16.2. The van der Waals surface area contributed by atoms with Crippen molar-refractivity contribution in [2.24, 2.45) is 23.2 Å². The molecular formula is C16H21N3O. The molecule has 5 rings (SSSR count). The van der Waals surface area contributed by atoms with E-state index in [9.17, 15) is 4.79 Å². The molecular weight excluding hydrogens is 250 g/mol. The molecule has 0 aromatic carbocycles. The zero-order chi connectivity index (χ0) is 13.7. The molecule has 0 aliphatic heterocycles. The first-order chi connectivity index (χ1) is 9.63. The highest BCUT2D eigenvalue weighted by Crippen LogP contribution is 2.60. The molecule has 1 aromatic heterocycles. The number of aromatic nitrogens is 1. The number of carbonyl (C=O) groups excluding carboxylic acids is 1. The maximum Gasteiger partial charge on any atom is 0.231 e. The Bertz CT molecular complexity index is 519. The van der Waals surface area contributed by atoms with E-state index in [1.54, 1.807) is 6.07 Å². The average molecular weight is 271 g/mol. The van der Waals surface area contributed by atoms with E-state index in [0.29, 0.717) is 11.6 Å². The van der Waals surface area contributed by atoms with Crippen LogP contribution >= 0.6 is 0 Å². The summed E-state index contributed by atoms with van der Waals surface area (Å²) in [5, 5.41) is 3.01. The third kappa shape index (κ3) is 1.89.